The fraction of sp³-hybridized carbons (Fsp3) is 0.438. The van der Waals surface area contributed by atoms with Crippen LogP contribution in [0.4, 0.5) is 0 Å². The van der Waals surface area contributed by atoms with Crippen molar-refractivity contribution in [1.29, 1.82) is 0 Å². The van der Waals surface area contributed by atoms with Gasteiger partial charge < -0.3 is 10.6 Å². The molecule has 2 N–H and O–H groups in total. The molecule has 1 aliphatic rings. The van der Waals surface area contributed by atoms with Crippen molar-refractivity contribution >= 4 is 33.7 Å². The second kappa shape index (κ2) is 6.41. The van der Waals surface area contributed by atoms with Gasteiger partial charge >= 0.3 is 0 Å². The van der Waals surface area contributed by atoms with Crippen molar-refractivity contribution in [2.24, 2.45) is 11.1 Å². The van der Waals surface area contributed by atoms with Crippen LogP contribution in [0.25, 0.3) is 0 Å². The number of likely N-dealkylation sites (N-methyl/N-ethyl adjacent to an activating group) is 1. The zero-order valence-electron chi connectivity index (χ0n) is 13.4. The van der Waals surface area contributed by atoms with Gasteiger partial charge in [0.05, 0.1) is 11.1 Å². The maximum absolute atomic E-state index is 12.4. The van der Waals surface area contributed by atoms with Gasteiger partial charge in [0, 0.05) is 18.1 Å². The van der Waals surface area contributed by atoms with Crippen molar-refractivity contribution < 1.29 is 14.4 Å². The molecule has 6 nitrogen and oxygen atoms in total. The Labute approximate surface area is 143 Å². The SMILES string of the molecule is CN(CC(C)(C)CN)C(=O)CN1C(=O)c2ccc(Br)cc2C1=O. The van der Waals surface area contributed by atoms with E-state index in [0.29, 0.717) is 28.7 Å². The van der Waals surface area contributed by atoms with Crippen LogP contribution in [-0.4, -0.2) is 54.2 Å². The minimum absolute atomic E-state index is 0.225. The van der Waals surface area contributed by atoms with Crippen LogP contribution in [0.5, 0.6) is 0 Å². The standard InChI is InChI=1S/C16H20BrN3O3/c1-16(2,8-18)9-19(3)13(21)7-20-14(22)11-5-4-10(17)6-12(11)15(20)23/h4-6H,7-9,18H2,1-3H3. The van der Waals surface area contributed by atoms with Crippen LogP contribution in [0.1, 0.15) is 34.6 Å². The summed E-state index contributed by atoms with van der Waals surface area (Å²) >= 11 is 3.28. The largest absolute Gasteiger partial charge is 0.344 e. The highest BCUT2D eigenvalue weighted by Gasteiger charge is 2.37. The average Bonchev–Trinajstić information content (AvgIpc) is 2.71. The van der Waals surface area contributed by atoms with E-state index in [9.17, 15) is 14.4 Å². The number of fused-ring (bicyclic) bond motifs is 1. The highest BCUT2D eigenvalue weighted by atomic mass is 79.9. The first-order chi connectivity index (χ1) is 10.7. The van der Waals surface area contributed by atoms with Gasteiger partial charge in [0.1, 0.15) is 6.54 Å². The topological polar surface area (TPSA) is 83.7 Å². The lowest BCUT2D eigenvalue weighted by Crippen LogP contribution is -2.45. The van der Waals surface area contributed by atoms with Crippen molar-refractivity contribution in [2.75, 3.05) is 26.7 Å². The first-order valence-electron chi connectivity index (χ1n) is 7.26. The molecule has 0 spiro atoms. The molecule has 0 saturated heterocycles. The Balaban J connectivity index is 2.11. The van der Waals surface area contributed by atoms with Crippen LogP contribution in [0.15, 0.2) is 22.7 Å². The summed E-state index contributed by atoms with van der Waals surface area (Å²) in [5, 5.41) is 0. The van der Waals surface area contributed by atoms with Crippen molar-refractivity contribution in [3.8, 4) is 0 Å². The van der Waals surface area contributed by atoms with E-state index in [1.165, 1.54) is 4.90 Å². The molecule has 124 valence electrons. The predicted molar refractivity (Wildman–Crippen MR) is 90.0 cm³/mol. The van der Waals surface area contributed by atoms with Crippen molar-refractivity contribution in [2.45, 2.75) is 13.8 Å². The van der Waals surface area contributed by atoms with Gasteiger partial charge in [-0.2, -0.15) is 0 Å². The number of imide groups is 1. The summed E-state index contributed by atoms with van der Waals surface area (Å²) < 4.78 is 0.715. The molecule has 1 aliphatic heterocycles. The van der Waals surface area contributed by atoms with E-state index < -0.39 is 11.8 Å². The third-order valence-corrected chi connectivity index (χ3v) is 4.36. The normalized spacial score (nSPS) is 14.2. The van der Waals surface area contributed by atoms with E-state index in [2.05, 4.69) is 15.9 Å². The van der Waals surface area contributed by atoms with Crippen LogP contribution in [-0.2, 0) is 4.79 Å². The fourth-order valence-corrected chi connectivity index (χ4v) is 2.82. The van der Waals surface area contributed by atoms with Crippen molar-refractivity contribution in [3.05, 3.63) is 33.8 Å². The van der Waals surface area contributed by atoms with E-state index in [1.54, 1.807) is 25.2 Å². The molecule has 0 radical (unpaired) electrons. The summed E-state index contributed by atoms with van der Waals surface area (Å²) in [4.78, 5) is 39.5. The van der Waals surface area contributed by atoms with Gasteiger partial charge in [0.25, 0.3) is 11.8 Å². The Morgan fingerprint density at radius 1 is 1.26 bits per heavy atom. The molecule has 0 aromatic heterocycles. The Morgan fingerprint density at radius 3 is 2.48 bits per heavy atom. The monoisotopic (exact) mass is 381 g/mol. The third kappa shape index (κ3) is 3.61. The molecule has 7 heteroatoms. The molecule has 23 heavy (non-hydrogen) atoms. The predicted octanol–water partition coefficient (Wildman–Crippen LogP) is 1.49. The molecule has 0 unspecified atom stereocenters. The van der Waals surface area contributed by atoms with Crippen LogP contribution in [0.2, 0.25) is 0 Å². The van der Waals surface area contributed by atoms with Gasteiger partial charge in [-0.3, -0.25) is 19.3 Å². The van der Waals surface area contributed by atoms with Crippen LogP contribution < -0.4 is 5.73 Å². The van der Waals surface area contributed by atoms with Gasteiger partial charge in [-0.25, -0.2) is 0 Å². The number of hydrogen-bond donors (Lipinski definition) is 1. The van der Waals surface area contributed by atoms with E-state index >= 15 is 0 Å². The smallest absolute Gasteiger partial charge is 0.262 e. The molecule has 0 saturated carbocycles. The van der Waals surface area contributed by atoms with Crippen LogP contribution in [0, 0.1) is 5.41 Å². The van der Waals surface area contributed by atoms with Crippen LogP contribution in [0.3, 0.4) is 0 Å². The third-order valence-electron chi connectivity index (χ3n) is 3.87. The number of amides is 3. The Morgan fingerprint density at radius 2 is 1.87 bits per heavy atom. The minimum Gasteiger partial charge on any atom is -0.344 e. The van der Waals surface area contributed by atoms with E-state index in [-0.39, 0.29) is 17.9 Å². The molecule has 1 aromatic carbocycles. The lowest BCUT2D eigenvalue weighted by Gasteiger charge is -2.29. The second-order valence-corrected chi connectivity index (χ2v) is 7.42. The molecule has 0 bridgehead atoms. The van der Waals surface area contributed by atoms with Gasteiger partial charge in [-0.15, -0.1) is 0 Å². The lowest BCUT2D eigenvalue weighted by molar-refractivity contribution is -0.131. The summed E-state index contributed by atoms with van der Waals surface area (Å²) in [5.41, 5.74) is 6.10. The number of halogens is 1. The summed E-state index contributed by atoms with van der Waals surface area (Å²) in [5.74, 6) is -1.16. The molecule has 0 atom stereocenters. The Kier molecular flexibility index (Phi) is 4.91. The van der Waals surface area contributed by atoms with Crippen LogP contribution >= 0.6 is 15.9 Å². The summed E-state index contributed by atoms with van der Waals surface area (Å²) in [6.45, 7) is 4.54. The number of hydrogen-bond acceptors (Lipinski definition) is 4. The molecular weight excluding hydrogens is 362 g/mol. The number of carbonyl (C=O) groups is 3. The summed E-state index contributed by atoms with van der Waals surface area (Å²) in [7, 11) is 1.65. The Bertz CT molecular complexity index is 673. The molecule has 2 rings (SSSR count). The summed E-state index contributed by atoms with van der Waals surface area (Å²) in [6, 6.07) is 4.89. The lowest BCUT2D eigenvalue weighted by atomic mass is 9.93. The average molecular weight is 382 g/mol. The summed E-state index contributed by atoms with van der Waals surface area (Å²) in [6.07, 6.45) is 0. The van der Waals surface area contributed by atoms with Gasteiger partial charge in [0.2, 0.25) is 5.91 Å². The number of benzene rings is 1. The van der Waals surface area contributed by atoms with Crippen molar-refractivity contribution in [1.82, 2.24) is 9.80 Å². The molecular formula is C16H20BrN3O3. The minimum atomic E-state index is -0.439. The first-order valence-corrected chi connectivity index (χ1v) is 8.05. The molecule has 0 aliphatic carbocycles. The number of nitrogens with two attached hydrogens (primary N) is 1. The molecule has 1 aromatic rings. The molecule has 0 fully saturated rings. The zero-order chi connectivity index (χ0) is 17.4. The van der Waals surface area contributed by atoms with Crippen molar-refractivity contribution in [3.63, 3.8) is 0 Å². The second-order valence-electron chi connectivity index (χ2n) is 6.50. The highest BCUT2D eigenvalue weighted by Crippen LogP contribution is 2.26. The van der Waals surface area contributed by atoms with E-state index in [4.69, 9.17) is 5.73 Å². The van der Waals surface area contributed by atoms with Gasteiger partial charge in [0.15, 0.2) is 0 Å². The molecule has 1 heterocycles. The maximum Gasteiger partial charge on any atom is 0.262 e. The zero-order valence-corrected chi connectivity index (χ0v) is 15.0. The molecule has 3 amide bonds. The number of nitrogens with zero attached hydrogens (tertiary/aromatic N) is 2. The van der Waals surface area contributed by atoms with Gasteiger partial charge in [-0.1, -0.05) is 29.8 Å². The number of rotatable bonds is 5. The van der Waals surface area contributed by atoms with Gasteiger partial charge in [-0.05, 0) is 30.2 Å². The first kappa shape index (κ1) is 17.6. The maximum atomic E-state index is 12.4. The highest BCUT2D eigenvalue weighted by molar-refractivity contribution is 9.10. The fourth-order valence-electron chi connectivity index (χ4n) is 2.46. The Hall–Kier alpha value is -1.73. The number of carbonyl (C=O) groups excluding carboxylic acids is 3. The van der Waals surface area contributed by atoms with E-state index in [0.717, 1.165) is 4.90 Å². The van der Waals surface area contributed by atoms with E-state index in [1.807, 2.05) is 13.8 Å². The quantitative estimate of drug-likeness (QED) is 0.783.